The summed E-state index contributed by atoms with van der Waals surface area (Å²) in [6.45, 7) is 3.32. The summed E-state index contributed by atoms with van der Waals surface area (Å²) in [6.07, 6.45) is 1.39. The summed E-state index contributed by atoms with van der Waals surface area (Å²) in [5.74, 6) is -0.830. The number of hydrogen-bond donors (Lipinski definition) is 1. The topological polar surface area (TPSA) is 71.0 Å². The number of carbonyl (C=O) groups is 2. The lowest BCUT2D eigenvalue weighted by Crippen LogP contribution is -2.32. The highest BCUT2D eigenvalue weighted by atomic mass is 19.1. The number of carbonyl (C=O) groups excluding carboxylic acids is 2. The van der Waals surface area contributed by atoms with Crippen LogP contribution in [0.4, 0.5) is 10.1 Å². The Bertz CT molecular complexity index is 983. The Morgan fingerprint density at radius 1 is 1.17 bits per heavy atom. The van der Waals surface area contributed by atoms with Gasteiger partial charge in [-0.05, 0) is 43.5 Å². The molecule has 1 saturated heterocycles. The highest BCUT2D eigenvalue weighted by Crippen LogP contribution is 2.25. The average molecular weight is 395 g/mol. The third kappa shape index (κ3) is 3.99. The zero-order valence-electron chi connectivity index (χ0n) is 16.2. The number of halogens is 1. The molecule has 0 bridgehead atoms. The highest BCUT2D eigenvalue weighted by Gasteiger charge is 2.31. The van der Waals surface area contributed by atoms with Crippen LogP contribution >= 0.6 is 0 Å². The van der Waals surface area contributed by atoms with Crippen molar-refractivity contribution in [3.05, 3.63) is 65.0 Å². The predicted molar refractivity (Wildman–Crippen MR) is 107 cm³/mol. The van der Waals surface area contributed by atoms with E-state index in [1.54, 1.807) is 24.3 Å². The molecule has 2 amide bonds. The standard InChI is InChI=1S/C22H22FN3O3/c1-14-6-4-9-17(20(14)22(28)26-10-2-3-11-26)24-21(27)19-13-18(25-29-19)15-7-5-8-16(23)12-15/h4-9,12,19H,2-3,10-11,13H2,1H3,(H,24,27). The molecule has 1 fully saturated rings. The average Bonchev–Trinajstić information content (AvgIpc) is 3.40. The minimum absolute atomic E-state index is 0.0695. The lowest BCUT2D eigenvalue weighted by molar-refractivity contribution is -0.125. The fourth-order valence-corrected chi connectivity index (χ4v) is 3.70. The smallest absolute Gasteiger partial charge is 0.268 e. The van der Waals surface area contributed by atoms with Gasteiger partial charge in [0.05, 0.1) is 17.0 Å². The summed E-state index contributed by atoms with van der Waals surface area (Å²) >= 11 is 0. The van der Waals surface area contributed by atoms with Gasteiger partial charge < -0.3 is 15.1 Å². The minimum atomic E-state index is -0.830. The van der Waals surface area contributed by atoms with E-state index in [0.29, 0.717) is 22.5 Å². The van der Waals surface area contributed by atoms with E-state index in [9.17, 15) is 14.0 Å². The van der Waals surface area contributed by atoms with E-state index >= 15 is 0 Å². The maximum absolute atomic E-state index is 13.4. The van der Waals surface area contributed by atoms with Crippen molar-refractivity contribution >= 4 is 23.2 Å². The maximum Gasteiger partial charge on any atom is 0.268 e. The normalized spacial score (nSPS) is 18.3. The Balaban J connectivity index is 1.48. The van der Waals surface area contributed by atoms with Crippen LogP contribution in [0.2, 0.25) is 0 Å². The molecular weight excluding hydrogens is 373 g/mol. The second kappa shape index (κ2) is 8.03. The molecule has 6 nitrogen and oxygen atoms in total. The Kier molecular flexibility index (Phi) is 5.29. The first-order valence-corrected chi connectivity index (χ1v) is 9.71. The van der Waals surface area contributed by atoms with Gasteiger partial charge >= 0.3 is 0 Å². The van der Waals surface area contributed by atoms with E-state index in [0.717, 1.165) is 31.5 Å². The molecule has 1 N–H and O–H groups in total. The van der Waals surface area contributed by atoms with E-state index in [1.165, 1.54) is 12.1 Å². The first-order valence-electron chi connectivity index (χ1n) is 9.71. The van der Waals surface area contributed by atoms with Gasteiger partial charge in [-0.1, -0.05) is 29.4 Å². The number of amides is 2. The Labute approximate surface area is 168 Å². The predicted octanol–water partition coefficient (Wildman–Crippen LogP) is 3.50. The molecule has 1 unspecified atom stereocenters. The number of benzene rings is 2. The zero-order valence-corrected chi connectivity index (χ0v) is 16.2. The monoisotopic (exact) mass is 395 g/mol. The number of oxime groups is 1. The van der Waals surface area contributed by atoms with Crippen LogP contribution < -0.4 is 5.32 Å². The molecule has 4 rings (SSSR count). The van der Waals surface area contributed by atoms with Gasteiger partial charge in [-0.15, -0.1) is 0 Å². The molecule has 0 saturated carbocycles. The third-order valence-electron chi connectivity index (χ3n) is 5.26. The molecule has 2 aromatic carbocycles. The number of hydrogen-bond acceptors (Lipinski definition) is 4. The van der Waals surface area contributed by atoms with Crippen LogP contribution in [0.1, 0.15) is 40.7 Å². The van der Waals surface area contributed by atoms with Crippen LogP contribution in [-0.4, -0.2) is 41.6 Å². The van der Waals surface area contributed by atoms with Crippen LogP contribution in [0.3, 0.4) is 0 Å². The third-order valence-corrected chi connectivity index (χ3v) is 5.26. The first-order chi connectivity index (χ1) is 14.0. The van der Waals surface area contributed by atoms with Crippen molar-refractivity contribution in [1.29, 1.82) is 0 Å². The quantitative estimate of drug-likeness (QED) is 0.861. The van der Waals surface area contributed by atoms with Crippen LogP contribution in [-0.2, 0) is 9.63 Å². The van der Waals surface area contributed by atoms with Crippen LogP contribution in [0.5, 0.6) is 0 Å². The lowest BCUT2D eigenvalue weighted by Gasteiger charge is -2.20. The number of nitrogens with zero attached hydrogens (tertiary/aromatic N) is 2. The van der Waals surface area contributed by atoms with E-state index in [-0.39, 0.29) is 24.1 Å². The first kappa shape index (κ1) is 19.1. The molecule has 0 spiro atoms. The van der Waals surface area contributed by atoms with Gasteiger partial charge in [-0.2, -0.15) is 0 Å². The van der Waals surface area contributed by atoms with Crippen molar-refractivity contribution in [2.75, 3.05) is 18.4 Å². The van der Waals surface area contributed by atoms with E-state index in [2.05, 4.69) is 10.5 Å². The van der Waals surface area contributed by atoms with Gasteiger partial charge in [-0.25, -0.2) is 4.39 Å². The fourth-order valence-electron chi connectivity index (χ4n) is 3.70. The molecule has 2 aromatic rings. The molecule has 0 aliphatic carbocycles. The fraction of sp³-hybridized carbons (Fsp3) is 0.318. The Hall–Kier alpha value is -3.22. The number of aryl methyl sites for hydroxylation is 1. The van der Waals surface area contributed by atoms with Crippen molar-refractivity contribution in [3.8, 4) is 0 Å². The summed E-state index contributed by atoms with van der Waals surface area (Å²) in [5, 5.41) is 6.77. The molecule has 7 heteroatoms. The maximum atomic E-state index is 13.4. The molecule has 1 atom stereocenters. The van der Waals surface area contributed by atoms with E-state index in [1.807, 2.05) is 17.9 Å². The van der Waals surface area contributed by atoms with Gasteiger partial charge in [0, 0.05) is 25.1 Å². The number of likely N-dealkylation sites (tertiary alicyclic amines) is 1. The van der Waals surface area contributed by atoms with Crippen LogP contribution in [0, 0.1) is 12.7 Å². The van der Waals surface area contributed by atoms with Gasteiger partial charge in [0.1, 0.15) is 5.82 Å². The van der Waals surface area contributed by atoms with Crippen LogP contribution in [0.25, 0.3) is 0 Å². The SMILES string of the molecule is Cc1cccc(NC(=O)C2CC(c3cccc(F)c3)=NO2)c1C(=O)N1CCCC1. The van der Waals surface area contributed by atoms with Crippen molar-refractivity contribution in [3.63, 3.8) is 0 Å². The molecule has 0 aromatic heterocycles. The van der Waals surface area contributed by atoms with Gasteiger partial charge in [0.25, 0.3) is 11.8 Å². The number of anilines is 1. The second-order valence-electron chi connectivity index (χ2n) is 7.33. The van der Waals surface area contributed by atoms with E-state index < -0.39 is 6.10 Å². The Morgan fingerprint density at radius 3 is 2.69 bits per heavy atom. The van der Waals surface area contributed by atoms with Crippen molar-refractivity contribution in [2.24, 2.45) is 5.16 Å². The molecule has 0 radical (unpaired) electrons. The zero-order chi connectivity index (χ0) is 20.4. The van der Waals surface area contributed by atoms with Crippen LogP contribution in [0.15, 0.2) is 47.6 Å². The summed E-state index contributed by atoms with van der Waals surface area (Å²) in [5.41, 5.74) is 2.88. The molecule has 2 aliphatic rings. The summed E-state index contributed by atoms with van der Waals surface area (Å²) in [7, 11) is 0. The second-order valence-corrected chi connectivity index (χ2v) is 7.33. The van der Waals surface area contributed by atoms with Gasteiger partial charge in [0.2, 0.25) is 6.10 Å². The molecule has 150 valence electrons. The summed E-state index contributed by atoms with van der Waals surface area (Å²) in [6, 6.07) is 11.4. The molecule has 29 heavy (non-hydrogen) atoms. The van der Waals surface area contributed by atoms with Crippen molar-refractivity contribution in [2.45, 2.75) is 32.3 Å². The summed E-state index contributed by atoms with van der Waals surface area (Å²) < 4.78 is 13.4. The lowest BCUT2D eigenvalue weighted by atomic mass is 10.0. The number of rotatable bonds is 4. The largest absolute Gasteiger partial charge is 0.382 e. The van der Waals surface area contributed by atoms with Gasteiger partial charge in [-0.3, -0.25) is 9.59 Å². The van der Waals surface area contributed by atoms with E-state index in [4.69, 9.17) is 4.84 Å². The molecular formula is C22H22FN3O3. The minimum Gasteiger partial charge on any atom is -0.382 e. The Morgan fingerprint density at radius 2 is 1.93 bits per heavy atom. The number of nitrogens with one attached hydrogen (secondary N) is 1. The van der Waals surface area contributed by atoms with Crippen molar-refractivity contribution in [1.82, 2.24) is 4.90 Å². The van der Waals surface area contributed by atoms with Gasteiger partial charge in [0.15, 0.2) is 0 Å². The summed E-state index contributed by atoms with van der Waals surface area (Å²) in [4.78, 5) is 32.8. The molecule has 2 aliphatic heterocycles. The molecule has 2 heterocycles. The highest BCUT2D eigenvalue weighted by molar-refractivity contribution is 6.08. The van der Waals surface area contributed by atoms with Crippen molar-refractivity contribution < 1.29 is 18.8 Å².